The van der Waals surface area contributed by atoms with Crippen LogP contribution in [0.2, 0.25) is 5.02 Å². The molecule has 2 heterocycles. The van der Waals surface area contributed by atoms with Crippen molar-refractivity contribution in [1.82, 2.24) is 14.8 Å². The molecule has 5 rings (SSSR count). The van der Waals surface area contributed by atoms with Crippen molar-refractivity contribution in [2.75, 3.05) is 10.6 Å². The molecular weight excluding hydrogens is 502 g/mol. The van der Waals surface area contributed by atoms with E-state index < -0.39 is 12.0 Å². The lowest BCUT2D eigenvalue weighted by Crippen LogP contribution is -2.46. The molecule has 0 saturated heterocycles. The van der Waals surface area contributed by atoms with Crippen molar-refractivity contribution < 1.29 is 4.79 Å². The molecule has 3 aromatic carbocycles. The van der Waals surface area contributed by atoms with E-state index in [2.05, 4.69) is 47.9 Å². The summed E-state index contributed by atoms with van der Waals surface area (Å²) in [5, 5.41) is 12.7. The molecule has 0 aliphatic carbocycles. The van der Waals surface area contributed by atoms with Crippen molar-refractivity contribution in [2.24, 2.45) is 5.92 Å². The highest BCUT2D eigenvalue weighted by molar-refractivity contribution is 7.98. The molecule has 0 unspecified atom stereocenters. The second kappa shape index (κ2) is 10.6. The molecule has 6 nitrogen and oxygen atoms in total. The molecule has 0 spiro atoms. The Morgan fingerprint density at radius 1 is 1.05 bits per heavy atom. The van der Waals surface area contributed by atoms with Gasteiger partial charge in [0.1, 0.15) is 0 Å². The van der Waals surface area contributed by atoms with E-state index in [4.69, 9.17) is 21.7 Å². The Balaban J connectivity index is 1.49. The number of carbonyl (C=O) groups excluding carboxylic acids is 1. The topological polar surface area (TPSA) is 71.8 Å². The second-order valence-electron chi connectivity index (χ2n) is 9.67. The van der Waals surface area contributed by atoms with E-state index in [-0.39, 0.29) is 11.9 Å². The number of amides is 1. The molecule has 1 aliphatic heterocycles. The van der Waals surface area contributed by atoms with Crippen molar-refractivity contribution in [3.8, 4) is 0 Å². The Morgan fingerprint density at radius 3 is 2.59 bits per heavy atom. The number of aryl methyl sites for hydroxylation is 3. The molecule has 1 amide bonds. The maximum absolute atomic E-state index is 13.8. The summed E-state index contributed by atoms with van der Waals surface area (Å²) in [5.74, 6) is 0.838. The van der Waals surface area contributed by atoms with Crippen LogP contribution >= 0.6 is 23.4 Å². The number of hydrogen-bond donors (Lipinski definition) is 2. The maximum atomic E-state index is 13.8. The molecule has 0 fully saturated rings. The van der Waals surface area contributed by atoms with Crippen molar-refractivity contribution in [1.29, 1.82) is 0 Å². The van der Waals surface area contributed by atoms with Crippen LogP contribution in [0.25, 0.3) is 0 Å². The van der Waals surface area contributed by atoms with Crippen LogP contribution < -0.4 is 10.6 Å². The lowest BCUT2D eigenvalue weighted by atomic mass is 9.85. The number of rotatable bonds is 6. The molecular formula is C29H30ClN5OS. The van der Waals surface area contributed by atoms with Gasteiger partial charge in [0.25, 0.3) is 0 Å². The highest BCUT2D eigenvalue weighted by atomic mass is 35.5. The molecule has 0 saturated carbocycles. The van der Waals surface area contributed by atoms with E-state index in [0.717, 1.165) is 28.1 Å². The van der Waals surface area contributed by atoms with Gasteiger partial charge in [0.15, 0.2) is 0 Å². The SMILES string of the molecule is Cc1cccc(CSc2nc3n(n2)[C@@H](c2ccccc2Cl)[C@@H](C(=O)Nc2ccc(C)cc2C)[C@@H](C)N3)c1. The van der Waals surface area contributed by atoms with Crippen LogP contribution in [-0.4, -0.2) is 26.7 Å². The van der Waals surface area contributed by atoms with E-state index >= 15 is 0 Å². The molecule has 8 heteroatoms. The monoisotopic (exact) mass is 531 g/mol. The smallest absolute Gasteiger partial charge is 0.232 e. The first-order valence-electron chi connectivity index (χ1n) is 12.3. The Morgan fingerprint density at radius 2 is 1.84 bits per heavy atom. The van der Waals surface area contributed by atoms with Crippen LogP contribution in [0.1, 0.15) is 40.8 Å². The van der Waals surface area contributed by atoms with E-state index in [1.54, 1.807) is 11.8 Å². The normalized spacial score (nSPS) is 18.7. The third-order valence-electron chi connectivity index (χ3n) is 6.73. The molecule has 0 radical (unpaired) electrons. The number of halogens is 1. The van der Waals surface area contributed by atoms with Crippen LogP contribution in [0.15, 0.2) is 71.9 Å². The second-order valence-corrected chi connectivity index (χ2v) is 11.0. The van der Waals surface area contributed by atoms with E-state index in [9.17, 15) is 4.79 Å². The predicted octanol–water partition coefficient (Wildman–Crippen LogP) is 6.81. The van der Waals surface area contributed by atoms with Gasteiger partial charge in [0.05, 0.1) is 12.0 Å². The Hall–Kier alpha value is -3.29. The predicted molar refractivity (Wildman–Crippen MR) is 151 cm³/mol. The average molecular weight is 532 g/mol. The summed E-state index contributed by atoms with van der Waals surface area (Å²) in [6.45, 7) is 8.14. The summed E-state index contributed by atoms with van der Waals surface area (Å²) in [5.41, 5.74) is 6.27. The van der Waals surface area contributed by atoms with Crippen LogP contribution in [-0.2, 0) is 10.5 Å². The molecule has 3 atom stereocenters. The zero-order chi connectivity index (χ0) is 26.1. The number of hydrogen-bond acceptors (Lipinski definition) is 5. The van der Waals surface area contributed by atoms with Crippen LogP contribution in [0.5, 0.6) is 0 Å². The van der Waals surface area contributed by atoms with Gasteiger partial charge in [-0.05, 0) is 56.5 Å². The first-order chi connectivity index (χ1) is 17.8. The number of nitrogens with one attached hydrogen (secondary N) is 2. The lowest BCUT2D eigenvalue weighted by molar-refractivity contribution is -0.121. The average Bonchev–Trinajstić information content (AvgIpc) is 3.26. The van der Waals surface area contributed by atoms with Crippen molar-refractivity contribution in [2.45, 2.75) is 50.7 Å². The molecule has 37 heavy (non-hydrogen) atoms. The molecule has 4 aromatic rings. The zero-order valence-electron chi connectivity index (χ0n) is 21.3. The highest BCUT2D eigenvalue weighted by Crippen LogP contribution is 2.40. The third kappa shape index (κ3) is 5.38. The summed E-state index contributed by atoms with van der Waals surface area (Å²) < 4.78 is 1.83. The van der Waals surface area contributed by atoms with Crippen LogP contribution in [0, 0.1) is 26.7 Å². The van der Waals surface area contributed by atoms with E-state index in [1.807, 2.05) is 61.9 Å². The quantitative estimate of drug-likeness (QED) is 0.267. The molecule has 2 N–H and O–H groups in total. The van der Waals surface area contributed by atoms with Crippen molar-refractivity contribution in [3.05, 3.63) is 99.6 Å². The molecule has 1 aromatic heterocycles. The van der Waals surface area contributed by atoms with Gasteiger partial charge in [0, 0.05) is 22.5 Å². The minimum atomic E-state index is -0.468. The third-order valence-corrected chi connectivity index (χ3v) is 7.98. The number of aromatic nitrogens is 3. The fraction of sp³-hybridized carbons (Fsp3) is 0.276. The van der Waals surface area contributed by atoms with Gasteiger partial charge in [-0.15, -0.1) is 5.10 Å². The van der Waals surface area contributed by atoms with Gasteiger partial charge in [-0.25, -0.2) is 4.68 Å². The minimum absolute atomic E-state index is 0.0908. The van der Waals surface area contributed by atoms with E-state index in [0.29, 0.717) is 16.1 Å². The lowest BCUT2D eigenvalue weighted by Gasteiger charge is -2.37. The number of nitrogens with zero attached hydrogens (tertiary/aromatic N) is 3. The zero-order valence-corrected chi connectivity index (χ0v) is 22.9. The summed E-state index contributed by atoms with van der Waals surface area (Å²) in [6, 6.07) is 21.5. The maximum Gasteiger partial charge on any atom is 0.232 e. The number of carbonyl (C=O) groups is 1. The van der Waals surface area contributed by atoms with E-state index in [1.165, 1.54) is 11.1 Å². The van der Waals surface area contributed by atoms with Gasteiger partial charge >= 0.3 is 0 Å². The summed E-state index contributed by atoms with van der Waals surface area (Å²) in [7, 11) is 0. The largest absolute Gasteiger partial charge is 0.351 e. The fourth-order valence-electron chi connectivity index (χ4n) is 4.91. The minimum Gasteiger partial charge on any atom is -0.351 e. The standard InChI is InChI=1S/C29H30ClN5OS/c1-17-8-7-9-21(15-17)16-37-29-33-28-31-20(4)25(27(36)32-24-13-12-18(2)14-19(24)3)26(35(28)34-29)22-10-5-6-11-23(22)30/h5-15,20,25-26H,16H2,1-4H3,(H,32,36)(H,31,33,34)/t20-,25+,26+/m1/s1. The first-order valence-corrected chi connectivity index (χ1v) is 13.7. The number of thioether (sulfide) groups is 1. The van der Waals surface area contributed by atoms with Crippen molar-refractivity contribution in [3.63, 3.8) is 0 Å². The molecule has 190 valence electrons. The fourth-order valence-corrected chi connectivity index (χ4v) is 5.93. The summed E-state index contributed by atoms with van der Waals surface area (Å²) in [6.07, 6.45) is 0. The van der Waals surface area contributed by atoms with Gasteiger partial charge < -0.3 is 10.6 Å². The summed E-state index contributed by atoms with van der Waals surface area (Å²) >= 11 is 8.27. The Kier molecular flexibility index (Phi) is 7.26. The molecule has 1 aliphatic rings. The Labute approximate surface area is 226 Å². The summed E-state index contributed by atoms with van der Waals surface area (Å²) in [4.78, 5) is 18.6. The number of fused-ring (bicyclic) bond motifs is 1. The highest BCUT2D eigenvalue weighted by Gasteiger charge is 2.42. The van der Waals surface area contributed by atoms with Crippen LogP contribution in [0.4, 0.5) is 11.6 Å². The number of benzene rings is 3. The van der Waals surface area contributed by atoms with Gasteiger partial charge in [-0.1, -0.05) is 89.1 Å². The van der Waals surface area contributed by atoms with Gasteiger partial charge in [-0.3, -0.25) is 4.79 Å². The Bertz CT molecular complexity index is 1450. The van der Waals surface area contributed by atoms with Crippen molar-refractivity contribution >= 4 is 40.9 Å². The first kappa shape index (κ1) is 25.4. The van der Waals surface area contributed by atoms with Gasteiger partial charge in [0.2, 0.25) is 17.0 Å². The molecule has 0 bridgehead atoms. The van der Waals surface area contributed by atoms with Gasteiger partial charge in [-0.2, -0.15) is 4.98 Å². The number of anilines is 2. The van der Waals surface area contributed by atoms with Crippen LogP contribution in [0.3, 0.4) is 0 Å².